The van der Waals surface area contributed by atoms with E-state index in [0.717, 1.165) is 88.3 Å². The lowest BCUT2D eigenvalue weighted by molar-refractivity contribution is 0.470. The number of rotatable bonds is 15. The quantitative estimate of drug-likeness (QED) is 0.0863. The first-order chi connectivity index (χ1) is 34.7. The van der Waals surface area contributed by atoms with E-state index in [4.69, 9.17) is 21.5 Å². The molecule has 2 heterocycles. The van der Waals surface area contributed by atoms with Crippen LogP contribution in [0.4, 0.5) is 5.69 Å². The van der Waals surface area contributed by atoms with Gasteiger partial charge in [-0.05, 0) is 82.2 Å². The highest BCUT2D eigenvalue weighted by molar-refractivity contribution is 5.88. The van der Waals surface area contributed by atoms with E-state index in [1.54, 1.807) is 0 Å². The molecule has 1 aromatic heterocycles. The summed E-state index contributed by atoms with van der Waals surface area (Å²) in [5, 5.41) is 0. The van der Waals surface area contributed by atoms with Gasteiger partial charge in [0, 0.05) is 59.1 Å². The Morgan fingerprint density at radius 1 is 0.746 bits per heavy atom. The molecule has 376 valence electrons. The van der Waals surface area contributed by atoms with Gasteiger partial charge in [0.05, 0.1) is 11.4 Å². The van der Waals surface area contributed by atoms with Crippen LogP contribution in [0, 0.1) is 11.8 Å². The number of aromatic nitrogens is 3. The summed E-state index contributed by atoms with van der Waals surface area (Å²) >= 11 is 0. The third-order valence-corrected chi connectivity index (χ3v) is 11.2. The zero-order valence-electron chi connectivity index (χ0n) is 46.4. The second-order valence-corrected chi connectivity index (χ2v) is 16.3. The molecule has 0 fully saturated rings. The van der Waals surface area contributed by atoms with Crippen LogP contribution in [0.2, 0.25) is 0 Å². The minimum absolute atomic E-state index is 0.289. The molecule has 6 rings (SSSR count). The molecule has 0 amide bonds. The van der Waals surface area contributed by atoms with E-state index < -0.39 is 0 Å². The van der Waals surface area contributed by atoms with Crippen LogP contribution in [0.5, 0.6) is 0 Å². The van der Waals surface area contributed by atoms with Crippen molar-refractivity contribution < 1.29 is 0 Å². The van der Waals surface area contributed by atoms with Crippen LogP contribution < -0.4 is 4.90 Å². The van der Waals surface area contributed by atoms with Gasteiger partial charge in [0.15, 0.2) is 17.5 Å². The molecule has 5 heteroatoms. The first-order valence-corrected chi connectivity index (χ1v) is 26.4. The van der Waals surface area contributed by atoms with Crippen LogP contribution in [-0.2, 0) is 0 Å². The third-order valence-electron chi connectivity index (χ3n) is 11.2. The number of allylic oxidation sites excluding steroid dienone is 22. The number of hydrogen-bond acceptors (Lipinski definition) is 5. The second-order valence-electron chi connectivity index (χ2n) is 16.3. The Balaban J connectivity index is 0.00000180. The molecule has 0 radical (unpaired) electrons. The predicted molar refractivity (Wildman–Crippen MR) is 316 cm³/mol. The van der Waals surface area contributed by atoms with Crippen molar-refractivity contribution in [3.05, 3.63) is 209 Å². The maximum atomic E-state index is 5.08. The van der Waals surface area contributed by atoms with E-state index in [1.165, 1.54) is 17.6 Å². The Kier molecular flexibility index (Phi) is 29.3. The van der Waals surface area contributed by atoms with E-state index in [-0.39, 0.29) is 6.04 Å². The number of nitrogens with zero attached hydrogens (tertiary/aromatic N) is 5. The van der Waals surface area contributed by atoms with Crippen molar-refractivity contribution >= 4 is 22.5 Å². The van der Waals surface area contributed by atoms with Crippen molar-refractivity contribution in [3.63, 3.8) is 0 Å². The van der Waals surface area contributed by atoms with Crippen LogP contribution in [-0.4, -0.2) is 39.5 Å². The molecular formula is C66H87N5. The molecule has 0 saturated heterocycles. The van der Waals surface area contributed by atoms with Gasteiger partial charge in [-0.3, -0.25) is 0 Å². The van der Waals surface area contributed by atoms with Crippen LogP contribution in [0.25, 0.3) is 28.2 Å². The van der Waals surface area contributed by atoms with Gasteiger partial charge in [0.2, 0.25) is 0 Å². The van der Waals surface area contributed by atoms with Gasteiger partial charge in [0.25, 0.3) is 0 Å². The molecular weight excluding hydrogens is 863 g/mol. The Hall–Kier alpha value is -6.77. The normalized spacial score (nSPS) is 16.8. The first-order valence-electron chi connectivity index (χ1n) is 26.4. The highest BCUT2D eigenvalue weighted by Crippen LogP contribution is 2.43. The maximum absolute atomic E-state index is 5.08. The maximum Gasteiger partial charge on any atom is 0.164 e. The lowest BCUT2D eigenvalue weighted by Crippen LogP contribution is -2.29. The van der Waals surface area contributed by atoms with E-state index >= 15 is 0 Å². The third kappa shape index (κ3) is 17.9. The molecule has 0 N–H and O–H groups in total. The fourth-order valence-corrected chi connectivity index (χ4v) is 7.58. The number of para-hydroxylation sites is 1. The fraction of sp³-hybridized carbons (Fsp3) is 0.348. The Labute approximate surface area is 432 Å². The highest BCUT2D eigenvalue weighted by Gasteiger charge is 2.30. The second kappa shape index (κ2) is 34.5. The topological polar surface area (TPSA) is 45.2 Å². The minimum Gasteiger partial charge on any atom is -0.356 e. The molecule has 2 aliphatic carbocycles. The van der Waals surface area contributed by atoms with Crippen LogP contribution in [0.3, 0.4) is 0 Å². The molecule has 0 saturated carbocycles. The summed E-state index contributed by atoms with van der Waals surface area (Å²) in [5.41, 5.74) is 12.8. The van der Waals surface area contributed by atoms with Crippen molar-refractivity contribution in [1.82, 2.24) is 19.9 Å². The van der Waals surface area contributed by atoms with Crippen LogP contribution in [0.15, 0.2) is 192 Å². The largest absolute Gasteiger partial charge is 0.356 e. The van der Waals surface area contributed by atoms with Crippen molar-refractivity contribution in [1.29, 1.82) is 0 Å². The van der Waals surface area contributed by atoms with E-state index in [1.807, 2.05) is 78.8 Å². The minimum atomic E-state index is -0.289. The molecule has 3 aliphatic rings. The fourth-order valence-electron chi connectivity index (χ4n) is 7.58. The van der Waals surface area contributed by atoms with Gasteiger partial charge in [-0.1, -0.05) is 234 Å². The number of benzene rings is 2. The molecule has 1 aliphatic heterocycles. The Morgan fingerprint density at radius 2 is 1.37 bits per heavy atom. The van der Waals surface area contributed by atoms with Crippen molar-refractivity contribution in [2.24, 2.45) is 0 Å². The van der Waals surface area contributed by atoms with E-state index in [2.05, 4.69) is 199 Å². The van der Waals surface area contributed by atoms with Gasteiger partial charge >= 0.3 is 0 Å². The number of anilines is 1. The molecule has 3 aromatic rings. The van der Waals surface area contributed by atoms with Crippen molar-refractivity contribution in [2.75, 3.05) is 18.5 Å². The van der Waals surface area contributed by atoms with Crippen molar-refractivity contribution in [3.8, 4) is 23.2 Å². The molecule has 1 atom stereocenters. The molecule has 71 heavy (non-hydrogen) atoms. The standard InChI is InChI=1S/C57H61N5.C3H8.3C2H6/c1-9-12-17-34-50-45(7)62(41-26-13-10-2)52-36-25-24-35-51(52)54(53(50)44(6)38-37-43(5)42(4)27-14-11-3)61(8)49-33-23-22-32-48(39-40-49)57-59-55(46-28-18-15-19-29-46)58-56(60-57)47-30-20-16-21-31-47;1-3-2;3*1-2/h9,12-15,17-20,24-32,34-40,49H,6,10-11,16,21-22,41H2,1-5,7-8H3;3H2,1-2H3;3*1-2H3/b12-9-,26-13-,27-14-,34-17-,38-37-,40-39-,43-42+,48-32+;;;;. The van der Waals surface area contributed by atoms with Gasteiger partial charge in [-0.15, -0.1) is 0 Å². The Bertz CT molecular complexity index is 2580. The number of likely N-dealkylation sites (N-methyl/N-ethyl adjacent to an activating group) is 1. The van der Waals surface area contributed by atoms with E-state index in [0.29, 0.717) is 23.9 Å². The monoisotopic (exact) mass is 950 g/mol. The molecule has 0 spiro atoms. The summed E-state index contributed by atoms with van der Waals surface area (Å²) in [6.45, 7) is 34.8. The predicted octanol–water partition coefficient (Wildman–Crippen LogP) is 18.4. The van der Waals surface area contributed by atoms with Gasteiger partial charge in [0.1, 0.15) is 6.04 Å². The summed E-state index contributed by atoms with van der Waals surface area (Å²) in [6.07, 6.45) is 40.5. The molecule has 1 unspecified atom stereocenters. The average molecular weight is 950 g/mol. The lowest BCUT2D eigenvalue weighted by Gasteiger charge is -2.31. The first kappa shape index (κ1) is 60.4. The summed E-state index contributed by atoms with van der Waals surface area (Å²) < 4.78 is 0. The summed E-state index contributed by atoms with van der Waals surface area (Å²) in [7, 11) is 2.16. The van der Waals surface area contributed by atoms with Crippen LogP contribution in [0.1, 0.15) is 153 Å². The molecule has 0 bridgehead atoms. The molecule has 5 nitrogen and oxygen atoms in total. The Morgan fingerprint density at radius 3 is 2.00 bits per heavy atom. The van der Waals surface area contributed by atoms with Crippen LogP contribution >= 0.6 is 0 Å². The van der Waals surface area contributed by atoms with Crippen molar-refractivity contribution in [2.45, 2.75) is 141 Å². The highest BCUT2D eigenvalue weighted by atomic mass is 15.2. The summed E-state index contributed by atoms with van der Waals surface area (Å²) in [5.74, 6) is 9.09. The zero-order chi connectivity index (χ0) is 52.6. The molecule has 2 aromatic carbocycles. The SMILES string of the molecule is C=C(\C=C/C(C)=C(C)/C=C\CC)C1=C(N(C)C2C#CC/C=C(c3nc(C4=CCCC=C4)nc(-c4ccccc4)n3)\C=C/2)c2ccccc2N(C/C=C\CC)C(C)=C1/C=C\C=C/C.CC.CC.CC.CCC. The summed E-state index contributed by atoms with van der Waals surface area (Å²) in [4.78, 5) is 19.9. The number of fused-ring (bicyclic) bond motifs is 1. The summed E-state index contributed by atoms with van der Waals surface area (Å²) in [6, 6.07) is 18.6. The van der Waals surface area contributed by atoms with Gasteiger partial charge in [-0.2, -0.15) is 0 Å². The average Bonchev–Trinajstić information content (AvgIpc) is 3.51. The number of hydrogen-bond donors (Lipinski definition) is 0. The van der Waals surface area contributed by atoms with E-state index in [9.17, 15) is 0 Å². The zero-order valence-corrected chi connectivity index (χ0v) is 46.4. The van der Waals surface area contributed by atoms with Gasteiger partial charge in [-0.25, -0.2) is 15.0 Å². The lowest BCUT2D eigenvalue weighted by atomic mass is 9.90. The van der Waals surface area contributed by atoms with Gasteiger partial charge < -0.3 is 9.80 Å². The smallest absolute Gasteiger partial charge is 0.164 e.